The van der Waals surface area contributed by atoms with Crippen LogP contribution in [-0.2, 0) is 0 Å². The fraction of sp³-hybridized carbons (Fsp3) is 0.200. The van der Waals surface area contributed by atoms with Crippen LogP contribution < -0.4 is 9.64 Å². The summed E-state index contributed by atoms with van der Waals surface area (Å²) in [5.41, 5.74) is 8.20. The fourth-order valence-electron chi connectivity index (χ4n) is 4.16. The van der Waals surface area contributed by atoms with E-state index >= 15 is 0 Å². The molecular weight excluding hydrogens is 438 g/mol. The Morgan fingerprint density at radius 1 is 0.514 bits per heavy atom. The molecule has 0 aromatic heterocycles. The minimum Gasteiger partial charge on any atom is -0.508 e. The average molecular weight is 470 g/mol. The minimum atomic E-state index is 0.101. The van der Waals surface area contributed by atoms with Gasteiger partial charge in [-0.05, 0) is 130 Å². The monoisotopic (exact) mass is 469 g/mol. The predicted octanol–water partition coefficient (Wildman–Crippen LogP) is 7.92. The van der Waals surface area contributed by atoms with Gasteiger partial charge in [-0.15, -0.1) is 0 Å². The van der Waals surface area contributed by atoms with Crippen LogP contribution in [0.4, 0.5) is 17.1 Å². The van der Waals surface area contributed by atoms with Gasteiger partial charge in [0, 0.05) is 17.1 Å². The highest BCUT2D eigenvalue weighted by molar-refractivity contribution is 5.82. The Morgan fingerprint density at radius 2 is 1.00 bits per heavy atom. The molecule has 0 fully saturated rings. The molecule has 3 N–H and O–H groups in total. The number of aryl methyl sites for hydroxylation is 1. The molecule has 0 saturated heterocycles. The highest BCUT2D eigenvalue weighted by Crippen LogP contribution is 2.43. The Hall–Kier alpha value is -4.12. The van der Waals surface area contributed by atoms with Crippen LogP contribution in [0.3, 0.4) is 0 Å². The summed E-state index contributed by atoms with van der Waals surface area (Å²) in [7, 11) is 0. The van der Waals surface area contributed by atoms with E-state index < -0.39 is 0 Å². The molecule has 0 radical (unpaired) electrons. The van der Waals surface area contributed by atoms with E-state index in [1.54, 1.807) is 18.2 Å². The summed E-state index contributed by atoms with van der Waals surface area (Å²) in [4.78, 5) is 2.11. The number of phenolic OH excluding ortho intramolecular Hbond substituents is 3. The molecule has 180 valence electrons. The number of rotatable bonds is 5. The van der Waals surface area contributed by atoms with Gasteiger partial charge in [0.2, 0.25) is 0 Å². The zero-order valence-corrected chi connectivity index (χ0v) is 21.0. The lowest BCUT2D eigenvalue weighted by Gasteiger charge is -2.30. The van der Waals surface area contributed by atoms with Crippen LogP contribution in [-0.4, -0.2) is 15.3 Å². The van der Waals surface area contributed by atoms with Crippen molar-refractivity contribution in [3.05, 3.63) is 94.0 Å². The van der Waals surface area contributed by atoms with Crippen LogP contribution in [0.5, 0.6) is 28.7 Å². The maximum absolute atomic E-state index is 10.3. The van der Waals surface area contributed by atoms with Gasteiger partial charge < -0.3 is 25.0 Å². The van der Waals surface area contributed by atoms with Crippen molar-refractivity contribution >= 4 is 17.1 Å². The summed E-state index contributed by atoms with van der Waals surface area (Å²) in [6.07, 6.45) is 0. The summed E-state index contributed by atoms with van der Waals surface area (Å²) in [6, 6.07) is 18.4. The standard InChI is InChI=1S/C30H31NO4/c1-17-7-14-29(34)30(18(17)2)35-24-10-8-23(9-11-24)31(25-12-15-27(32)21(5)19(25)3)26-13-16-28(33)22(6)20(26)4/h7-16,32-34H,1-6H3. The molecule has 0 spiro atoms. The van der Waals surface area contributed by atoms with Crippen LogP contribution in [0.25, 0.3) is 0 Å². The number of benzene rings is 4. The van der Waals surface area contributed by atoms with Gasteiger partial charge in [0.15, 0.2) is 11.5 Å². The van der Waals surface area contributed by atoms with Crippen LogP contribution in [0.15, 0.2) is 60.7 Å². The number of nitrogens with zero attached hydrogens (tertiary/aromatic N) is 1. The van der Waals surface area contributed by atoms with Gasteiger partial charge >= 0.3 is 0 Å². The quantitative estimate of drug-likeness (QED) is 0.277. The van der Waals surface area contributed by atoms with E-state index in [0.717, 1.165) is 50.4 Å². The van der Waals surface area contributed by atoms with Gasteiger partial charge in [-0.2, -0.15) is 0 Å². The van der Waals surface area contributed by atoms with E-state index in [9.17, 15) is 15.3 Å². The average Bonchev–Trinajstić information content (AvgIpc) is 2.85. The summed E-state index contributed by atoms with van der Waals surface area (Å²) in [6.45, 7) is 11.7. The Morgan fingerprint density at radius 3 is 1.51 bits per heavy atom. The topological polar surface area (TPSA) is 73.2 Å². The number of aromatic hydroxyl groups is 3. The third kappa shape index (κ3) is 4.37. The van der Waals surface area contributed by atoms with Crippen molar-refractivity contribution < 1.29 is 20.1 Å². The fourth-order valence-corrected chi connectivity index (χ4v) is 4.16. The Labute approximate surface area is 206 Å². The van der Waals surface area contributed by atoms with E-state index in [2.05, 4.69) is 4.90 Å². The van der Waals surface area contributed by atoms with Crippen molar-refractivity contribution in [2.45, 2.75) is 41.5 Å². The Bertz CT molecular complexity index is 1350. The molecule has 5 heteroatoms. The van der Waals surface area contributed by atoms with Crippen molar-refractivity contribution in [2.75, 3.05) is 4.90 Å². The molecule has 4 aromatic rings. The van der Waals surface area contributed by atoms with E-state index in [0.29, 0.717) is 11.5 Å². The second-order valence-corrected chi connectivity index (χ2v) is 8.99. The molecule has 0 aliphatic heterocycles. The molecule has 4 aromatic carbocycles. The van der Waals surface area contributed by atoms with Crippen LogP contribution in [0.2, 0.25) is 0 Å². The van der Waals surface area contributed by atoms with Gasteiger partial charge in [-0.25, -0.2) is 0 Å². The molecule has 35 heavy (non-hydrogen) atoms. The Balaban J connectivity index is 1.82. The molecule has 0 amide bonds. The van der Waals surface area contributed by atoms with Gasteiger partial charge in [-0.1, -0.05) is 6.07 Å². The molecule has 0 unspecified atom stereocenters. The third-order valence-electron chi connectivity index (χ3n) is 6.91. The smallest absolute Gasteiger partial charge is 0.172 e. The largest absolute Gasteiger partial charge is 0.508 e. The first kappa shape index (κ1) is 24.0. The third-order valence-corrected chi connectivity index (χ3v) is 6.91. The van der Waals surface area contributed by atoms with E-state index in [-0.39, 0.29) is 17.2 Å². The van der Waals surface area contributed by atoms with Crippen molar-refractivity contribution in [2.24, 2.45) is 0 Å². The van der Waals surface area contributed by atoms with Crippen LogP contribution >= 0.6 is 0 Å². The maximum Gasteiger partial charge on any atom is 0.172 e. The molecule has 0 aliphatic carbocycles. The lowest BCUT2D eigenvalue weighted by atomic mass is 10.0. The molecule has 4 rings (SSSR count). The number of anilines is 3. The summed E-state index contributed by atoms with van der Waals surface area (Å²) in [5.74, 6) is 1.66. The molecule has 0 bridgehead atoms. The van der Waals surface area contributed by atoms with Crippen molar-refractivity contribution in [1.82, 2.24) is 0 Å². The lowest BCUT2D eigenvalue weighted by Crippen LogP contribution is -2.13. The zero-order valence-electron chi connectivity index (χ0n) is 21.0. The van der Waals surface area contributed by atoms with Crippen LogP contribution in [0, 0.1) is 41.5 Å². The molecule has 5 nitrogen and oxygen atoms in total. The molecule has 0 aliphatic rings. The maximum atomic E-state index is 10.3. The number of ether oxygens (including phenoxy) is 1. The Kier molecular flexibility index (Phi) is 6.35. The lowest BCUT2D eigenvalue weighted by molar-refractivity contribution is 0.408. The summed E-state index contributed by atoms with van der Waals surface area (Å²) < 4.78 is 6.05. The first-order chi connectivity index (χ1) is 16.6. The minimum absolute atomic E-state index is 0.101. The van der Waals surface area contributed by atoms with E-state index in [4.69, 9.17) is 4.74 Å². The summed E-state index contributed by atoms with van der Waals surface area (Å²) >= 11 is 0. The van der Waals surface area contributed by atoms with Gasteiger partial charge in [0.05, 0.1) is 0 Å². The predicted molar refractivity (Wildman–Crippen MR) is 141 cm³/mol. The van der Waals surface area contributed by atoms with E-state index in [1.165, 1.54) is 0 Å². The van der Waals surface area contributed by atoms with Crippen molar-refractivity contribution in [3.8, 4) is 28.7 Å². The SMILES string of the molecule is Cc1ccc(O)c(Oc2ccc(N(c3ccc(O)c(C)c3C)c3ccc(O)c(C)c3C)cc2)c1C. The second-order valence-electron chi connectivity index (χ2n) is 8.99. The zero-order chi connectivity index (χ0) is 25.4. The number of hydrogen-bond donors (Lipinski definition) is 3. The molecule has 0 heterocycles. The van der Waals surface area contributed by atoms with Crippen LogP contribution in [0.1, 0.15) is 33.4 Å². The first-order valence-electron chi connectivity index (χ1n) is 11.6. The van der Waals surface area contributed by atoms with Crippen molar-refractivity contribution in [3.63, 3.8) is 0 Å². The normalized spacial score (nSPS) is 10.9. The molecular formula is C30H31NO4. The highest BCUT2D eigenvalue weighted by Gasteiger charge is 2.20. The van der Waals surface area contributed by atoms with Gasteiger partial charge in [-0.3, -0.25) is 0 Å². The second kappa shape index (κ2) is 9.26. The number of hydrogen-bond acceptors (Lipinski definition) is 5. The van der Waals surface area contributed by atoms with Gasteiger partial charge in [0.1, 0.15) is 17.2 Å². The molecule has 0 saturated carbocycles. The van der Waals surface area contributed by atoms with Crippen molar-refractivity contribution in [1.29, 1.82) is 0 Å². The summed E-state index contributed by atoms with van der Waals surface area (Å²) in [5, 5.41) is 30.8. The first-order valence-corrected chi connectivity index (χ1v) is 11.6. The van der Waals surface area contributed by atoms with Gasteiger partial charge in [0.25, 0.3) is 0 Å². The highest BCUT2D eigenvalue weighted by atomic mass is 16.5. The van der Waals surface area contributed by atoms with E-state index in [1.807, 2.05) is 84.0 Å². The number of phenols is 3. The molecule has 0 atom stereocenters.